The van der Waals surface area contributed by atoms with Crippen molar-refractivity contribution in [2.75, 3.05) is 0 Å². The van der Waals surface area contributed by atoms with E-state index in [0.717, 1.165) is 5.69 Å². The van der Waals surface area contributed by atoms with Crippen molar-refractivity contribution < 1.29 is 0 Å². The highest BCUT2D eigenvalue weighted by Gasteiger charge is 2.23. The lowest BCUT2D eigenvalue weighted by Gasteiger charge is -2.14. The molecule has 0 atom stereocenters. The molecule has 0 aliphatic rings. The van der Waals surface area contributed by atoms with E-state index in [1.54, 1.807) is 0 Å². The van der Waals surface area contributed by atoms with Gasteiger partial charge in [0.25, 0.3) is 0 Å². The van der Waals surface area contributed by atoms with E-state index in [9.17, 15) is 0 Å². The Morgan fingerprint density at radius 1 is 0.345 bits per heavy atom. The fourth-order valence-electron chi connectivity index (χ4n) is 9.12. The number of hydrogen-bond acceptors (Lipinski definition) is 1. The Hall–Kier alpha value is -6.94. The number of aromatic nitrogens is 2. The molecular formula is C52H32N2S. The van der Waals surface area contributed by atoms with E-state index >= 15 is 0 Å². The van der Waals surface area contributed by atoms with Crippen molar-refractivity contribution in [3.63, 3.8) is 0 Å². The van der Waals surface area contributed by atoms with Crippen molar-refractivity contribution in [2.24, 2.45) is 0 Å². The molecule has 2 nitrogen and oxygen atoms in total. The minimum atomic E-state index is 1.16. The minimum Gasteiger partial charge on any atom is -0.309 e. The average Bonchev–Trinajstić information content (AvgIpc) is 3.91. The Labute approximate surface area is 321 Å². The second-order valence-corrected chi connectivity index (χ2v) is 15.6. The molecule has 0 amide bonds. The van der Waals surface area contributed by atoms with Gasteiger partial charge in [-0.05, 0) is 82.2 Å². The third-order valence-electron chi connectivity index (χ3n) is 11.5. The number of fused-ring (bicyclic) bond motifs is 11. The third-order valence-corrected chi connectivity index (χ3v) is 12.6. The second-order valence-electron chi connectivity index (χ2n) is 14.5. The van der Waals surface area contributed by atoms with Crippen LogP contribution in [-0.4, -0.2) is 9.13 Å². The van der Waals surface area contributed by atoms with E-state index in [0.29, 0.717) is 0 Å². The molecule has 3 heteroatoms. The number of hydrogen-bond donors (Lipinski definition) is 0. The summed E-state index contributed by atoms with van der Waals surface area (Å²) >= 11 is 1.89. The first-order chi connectivity index (χ1) is 27.3. The topological polar surface area (TPSA) is 9.86 Å². The predicted octanol–water partition coefficient (Wildman–Crippen LogP) is 14.7. The van der Waals surface area contributed by atoms with Crippen molar-refractivity contribution in [3.05, 3.63) is 194 Å². The first-order valence-electron chi connectivity index (χ1n) is 18.9. The van der Waals surface area contributed by atoms with Crippen LogP contribution >= 0.6 is 11.3 Å². The van der Waals surface area contributed by atoms with Crippen molar-refractivity contribution in [1.82, 2.24) is 9.13 Å². The SMILES string of the molecule is c1ccc(-c2cccc(-n3c4ccccc4c4cc(-c5cc6sc7ccccc7c6c6c5c5ccccc5n6-c5cccc6ccccc56)ccc43)c2)cc1. The zero-order valence-corrected chi connectivity index (χ0v) is 30.6. The van der Waals surface area contributed by atoms with Crippen LogP contribution < -0.4 is 0 Å². The Morgan fingerprint density at radius 2 is 1.00 bits per heavy atom. The number of rotatable bonds is 4. The lowest BCUT2D eigenvalue weighted by atomic mass is 9.95. The molecule has 0 radical (unpaired) electrons. The number of thiophene rings is 1. The van der Waals surface area contributed by atoms with Crippen LogP contribution in [0.25, 0.3) is 108 Å². The zero-order chi connectivity index (χ0) is 36.0. The fourth-order valence-corrected chi connectivity index (χ4v) is 10.3. The third kappa shape index (κ3) is 4.48. The van der Waals surface area contributed by atoms with Gasteiger partial charge in [-0.25, -0.2) is 0 Å². The van der Waals surface area contributed by atoms with Crippen LogP contribution in [0.3, 0.4) is 0 Å². The highest BCUT2D eigenvalue weighted by Crippen LogP contribution is 2.48. The molecule has 55 heavy (non-hydrogen) atoms. The molecule has 0 saturated heterocycles. The van der Waals surface area contributed by atoms with Crippen LogP contribution in [0, 0.1) is 0 Å². The van der Waals surface area contributed by atoms with Gasteiger partial charge < -0.3 is 9.13 Å². The summed E-state index contributed by atoms with van der Waals surface area (Å²) in [6, 6.07) is 71.4. The molecule has 12 aromatic rings. The lowest BCUT2D eigenvalue weighted by Crippen LogP contribution is -1.96. The van der Waals surface area contributed by atoms with Crippen molar-refractivity contribution >= 4 is 85.9 Å². The predicted molar refractivity (Wildman–Crippen MR) is 236 cm³/mol. The molecule has 0 aliphatic carbocycles. The van der Waals surface area contributed by atoms with E-state index in [2.05, 4.69) is 203 Å². The van der Waals surface area contributed by atoms with Gasteiger partial charge in [0.2, 0.25) is 0 Å². The molecule has 0 unspecified atom stereocenters. The quantitative estimate of drug-likeness (QED) is 0.172. The van der Waals surface area contributed by atoms with E-state index < -0.39 is 0 Å². The van der Waals surface area contributed by atoms with Crippen LogP contribution in [0.1, 0.15) is 0 Å². The number of benzene rings is 9. The van der Waals surface area contributed by atoms with Gasteiger partial charge in [0, 0.05) is 52.8 Å². The molecule has 0 aliphatic heterocycles. The maximum Gasteiger partial charge on any atom is 0.0640 e. The Bertz CT molecular complexity index is 3480. The molecule has 12 rings (SSSR count). The number of para-hydroxylation sites is 2. The lowest BCUT2D eigenvalue weighted by molar-refractivity contribution is 1.18. The van der Waals surface area contributed by atoms with Gasteiger partial charge in [-0.2, -0.15) is 0 Å². The monoisotopic (exact) mass is 716 g/mol. The molecule has 3 heterocycles. The average molecular weight is 717 g/mol. The molecule has 3 aromatic heterocycles. The summed E-state index contributed by atoms with van der Waals surface area (Å²) in [5.41, 5.74) is 12.2. The zero-order valence-electron chi connectivity index (χ0n) is 29.8. The Balaban J connectivity index is 1.18. The number of nitrogens with zero attached hydrogens (tertiary/aromatic N) is 2. The standard InChI is InChI=1S/C52H32N2S/c1-2-14-33(15-3-1)35-18-12-19-37(30-35)53-45-24-9-6-21-39(45)43-31-36(28-29-47(43)53)42-32-49-51(41-23-8-11-27-48(41)55-49)52-50(42)40-22-7-10-25-46(40)54(52)44-26-13-17-34-16-4-5-20-38(34)44/h1-32H. The molecule has 256 valence electrons. The first-order valence-corrected chi connectivity index (χ1v) is 19.7. The molecule has 0 bridgehead atoms. The van der Waals surface area contributed by atoms with Crippen molar-refractivity contribution in [2.45, 2.75) is 0 Å². The van der Waals surface area contributed by atoms with Crippen LogP contribution in [-0.2, 0) is 0 Å². The highest BCUT2D eigenvalue weighted by atomic mass is 32.1. The van der Waals surface area contributed by atoms with E-state index in [1.165, 1.54) is 102 Å². The van der Waals surface area contributed by atoms with Crippen LogP contribution in [0.15, 0.2) is 194 Å². The summed E-state index contributed by atoms with van der Waals surface area (Å²) in [7, 11) is 0. The first kappa shape index (κ1) is 30.5. The highest BCUT2D eigenvalue weighted by molar-refractivity contribution is 7.26. The van der Waals surface area contributed by atoms with Crippen LogP contribution in [0.4, 0.5) is 0 Å². The smallest absolute Gasteiger partial charge is 0.0640 e. The van der Waals surface area contributed by atoms with Crippen LogP contribution in [0.2, 0.25) is 0 Å². The van der Waals surface area contributed by atoms with E-state index in [-0.39, 0.29) is 0 Å². The molecule has 0 spiro atoms. The normalized spacial score (nSPS) is 12.0. The molecule has 0 fully saturated rings. The van der Waals surface area contributed by atoms with E-state index in [4.69, 9.17) is 0 Å². The minimum absolute atomic E-state index is 1.16. The summed E-state index contributed by atoms with van der Waals surface area (Å²) in [4.78, 5) is 0. The summed E-state index contributed by atoms with van der Waals surface area (Å²) in [6.07, 6.45) is 0. The van der Waals surface area contributed by atoms with Gasteiger partial charge >= 0.3 is 0 Å². The summed E-state index contributed by atoms with van der Waals surface area (Å²) < 4.78 is 7.58. The summed E-state index contributed by atoms with van der Waals surface area (Å²) in [5, 5.41) is 10.2. The Morgan fingerprint density at radius 3 is 1.87 bits per heavy atom. The van der Waals surface area contributed by atoms with Gasteiger partial charge in [-0.15, -0.1) is 11.3 Å². The second kappa shape index (κ2) is 11.8. The maximum absolute atomic E-state index is 2.54. The molecular weight excluding hydrogens is 685 g/mol. The van der Waals surface area contributed by atoms with Crippen LogP contribution in [0.5, 0.6) is 0 Å². The summed E-state index contributed by atoms with van der Waals surface area (Å²) in [5.74, 6) is 0. The maximum atomic E-state index is 2.54. The van der Waals surface area contributed by atoms with Gasteiger partial charge in [0.05, 0.1) is 27.8 Å². The summed E-state index contributed by atoms with van der Waals surface area (Å²) in [6.45, 7) is 0. The molecule has 0 saturated carbocycles. The van der Waals surface area contributed by atoms with Gasteiger partial charge in [-0.1, -0.05) is 140 Å². The Kier molecular flexibility index (Phi) is 6.54. The van der Waals surface area contributed by atoms with Gasteiger partial charge in [-0.3, -0.25) is 0 Å². The van der Waals surface area contributed by atoms with E-state index in [1.807, 2.05) is 11.3 Å². The largest absolute Gasteiger partial charge is 0.309 e. The van der Waals surface area contributed by atoms with Crippen molar-refractivity contribution in [1.29, 1.82) is 0 Å². The van der Waals surface area contributed by atoms with Crippen molar-refractivity contribution in [3.8, 4) is 33.6 Å². The van der Waals surface area contributed by atoms with Gasteiger partial charge in [0.1, 0.15) is 0 Å². The fraction of sp³-hybridized carbons (Fsp3) is 0. The van der Waals surface area contributed by atoms with Gasteiger partial charge in [0.15, 0.2) is 0 Å². The molecule has 0 N–H and O–H groups in total. The molecule has 9 aromatic carbocycles.